The minimum absolute atomic E-state index is 0.347. The zero-order chi connectivity index (χ0) is 14.7. The Labute approximate surface area is 123 Å². The first kappa shape index (κ1) is 13.1. The van der Waals surface area contributed by atoms with Gasteiger partial charge in [0.1, 0.15) is 0 Å². The Hall–Kier alpha value is -2.87. The lowest BCUT2D eigenvalue weighted by Crippen LogP contribution is -2.00. The average molecular weight is 274 g/mol. The molecule has 0 amide bonds. The first-order valence-electron chi connectivity index (χ1n) is 6.74. The van der Waals surface area contributed by atoms with Crippen LogP contribution in [-0.4, -0.2) is 11.1 Å². The smallest absolute Gasteiger partial charge is 0.336 e. The van der Waals surface area contributed by atoms with Crippen molar-refractivity contribution in [3.8, 4) is 0 Å². The van der Waals surface area contributed by atoms with Crippen molar-refractivity contribution in [3.63, 3.8) is 0 Å². The van der Waals surface area contributed by atoms with Gasteiger partial charge in [-0.05, 0) is 21.9 Å². The second-order valence-corrected chi connectivity index (χ2v) is 4.80. The van der Waals surface area contributed by atoms with Crippen LogP contribution in [0.4, 0.5) is 0 Å². The van der Waals surface area contributed by atoms with Crippen molar-refractivity contribution < 1.29 is 9.90 Å². The van der Waals surface area contributed by atoms with E-state index in [9.17, 15) is 9.90 Å². The number of carbonyl (C=O) groups is 1. The van der Waals surface area contributed by atoms with Crippen LogP contribution >= 0.6 is 0 Å². The van der Waals surface area contributed by atoms with Crippen molar-refractivity contribution in [2.45, 2.75) is 0 Å². The molecule has 0 spiro atoms. The quantitative estimate of drug-likeness (QED) is 0.702. The van der Waals surface area contributed by atoms with E-state index in [1.54, 1.807) is 0 Å². The summed E-state index contributed by atoms with van der Waals surface area (Å²) in [6, 6.07) is 21.2. The van der Waals surface area contributed by atoms with Crippen molar-refractivity contribution in [2.24, 2.45) is 0 Å². The summed E-state index contributed by atoms with van der Waals surface area (Å²) >= 11 is 0. The molecule has 102 valence electrons. The maximum atomic E-state index is 11.6. The number of aromatic carboxylic acids is 1. The third-order valence-electron chi connectivity index (χ3n) is 3.43. The number of hydrogen-bond acceptors (Lipinski definition) is 1. The normalized spacial score (nSPS) is 11.0. The molecule has 0 fully saturated rings. The molecule has 0 bridgehead atoms. The maximum Gasteiger partial charge on any atom is 0.336 e. The van der Waals surface area contributed by atoms with Gasteiger partial charge in [-0.1, -0.05) is 78.9 Å². The van der Waals surface area contributed by atoms with Crippen molar-refractivity contribution in [2.75, 3.05) is 0 Å². The molecule has 0 saturated carbocycles. The van der Waals surface area contributed by atoms with E-state index in [0.717, 1.165) is 16.3 Å². The van der Waals surface area contributed by atoms with Crippen LogP contribution < -0.4 is 0 Å². The van der Waals surface area contributed by atoms with Gasteiger partial charge in [0.25, 0.3) is 0 Å². The highest BCUT2D eigenvalue weighted by molar-refractivity contribution is 6.07. The van der Waals surface area contributed by atoms with Crippen LogP contribution in [0.15, 0.2) is 66.7 Å². The second-order valence-electron chi connectivity index (χ2n) is 4.80. The summed E-state index contributed by atoms with van der Waals surface area (Å²) in [5, 5.41) is 11.2. The monoisotopic (exact) mass is 274 g/mol. The van der Waals surface area contributed by atoms with Gasteiger partial charge in [0.2, 0.25) is 0 Å². The highest BCUT2D eigenvalue weighted by Crippen LogP contribution is 2.24. The Bertz CT molecular complexity index is 817. The molecule has 0 aliphatic rings. The number of fused-ring (bicyclic) bond motifs is 1. The van der Waals surface area contributed by atoms with E-state index in [2.05, 4.69) is 0 Å². The zero-order valence-corrected chi connectivity index (χ0v) is 11.4. The first-order chi connectivity index (χ1) is 10.3. The van der Waals surface area contributed by atoms with E-state index in [1.807, 2.05) is 78.9 Å². The SMILES string of the molecule is O=C(O)c1c(C=Cc2ccccc2)ccc2ccccc12. The summed E-state index contributed by atoms with van der Waals surface area (Å²) in [6.07, 6.45) is 3.78. The molecule has 21 heavy (non-hydrogen) atoms. The van der Waals surface area contributed by atoms with E-state index in [0.29, 0.717) is 11.1 Å². The summed E-state index contributed by atoms with van der Waals surface area (Å²) in [5.74, 6) is -0.903. The molecule has 2 heteroatoms. The minimum Gasteiger partial charge on any atom is -0.478 e. The van der Waals surface area contributed by atoms with E-state index in [4.69, 9.17) is 0 Å². The molecule has 3 aromatic carbocycles. The number of carboxylic acid groups (broad SMARTS) is 1. The number of hydrogen-bond donors (Lipinski definition) is 1. The number of benzene rings is 3. The molecule has 0 saturated heterocycles. The van der Waals surface area contributed by atoms with E-state index in [1.165, 1.54) is 0 Å². The molecule has 1 N–H and O–H groups in total. The van der Waals surface area contributed by atoms with Crippen molar-refractivity contribution in [1.82, 2.24) is 0 Å². The zero-order valence-electron chi connectivity index (χ0n) is 11.4. The van der Waals surface area contributed by atoms with Gasteiger partial charge in [-0.3, -0.25) is 0 Å². The van der Waals surface area contributed by atoms with Crippen LogP contribution in [0.3, 0.4) is 0 Å². The molecular weight excluding hydrogens is 260 g/mol. The first-order valence-corrected chi connectivity index (χ1v) is 6.74. The third-order valence-corrected chi connectivity index (χ3v) is 3.43. The highest BCUT2D eigenvalue weighted by atomic mass is 16.4. The number of rotatable bonds is 3. The maximum absolute atomic E-state index is 11.6. The molecule has 0 atom stereocenters. The average Bonchev–Trinajstić information content (AvgIpc) is 2.53. The predicted octanol–water partition coefficient (Wildman–Crippen LogP) is 4.71. The third kappa shape index (κ3) is 2.70. The van der Waals surface area contributed by atoms with Crippen LogP contribution in [0, 0.1) is 0 Å². The molecule has 0 radical (unpaired) electrons. The lowest BCUT2D eigenvalue weighted by atomic mass is 9.98. The lowest BCUT2D eigenvalue weighted by Gasteiger charge is -2.06. The molecule has 0 aliphatic carbocycles. The highest BCUT2D eigenvalue weighted by Gasteiger charge is 2.12. The van der Waals surface area contributed by atoms with Crippen molar-refractivity contribution in [3.05, 3.63) is 83.4 Å². The van der Waals surface area contributed by atoms with E-state index in [-0.39, 0.29) is 0 Å². The standard InChI is InChI=1S/C19H14O2/c20-19(21)18-16(11-10-14-6-2-1-3-7-14)13-12-15-8-4-5-9-17(15)18/h1-13H,(H,20,21). The van der Waals surface area contributed by atoms with E-state index < -0.39 is 5.97 Å². The summed E-state index contributed by atoms with van der Waals surface area (Å²) in [4.78, 5) is 11.6. The molecule has 0 unspecified atom stereocenters. The second kappa shape index (κ2) is 5.63. The summed E-state index contributed by atoms with van der Waals surface area (Å²) < 4.78 is 0. The van der Waals surface area contributed by atoms with Gasteiger partial charge < -0.3 is 5.11 Å². The summed E-state index contributed by atoms with van der Waals surface area (Å²) in [6.45, 7) is 0. The fourth-order valence-electron chi connectivity index (χ4n) is 2.42. The van der Waals surface area contributed by atoms with Gasteiger partial charge in [0, 0.05) is 0 Å². The van der Waals surface area contributed by atoms with Crippen LogP contribution in [0.1, 0.15) is 21.5 Å². The molecular formula is C19H14O2. The topological polar surface area (TPSA) is 37.3 Å². The number of carboxylic acids is 1. The predicted molar refractivity (Wildman–Crippen MR) is 86.3 cm³/mol. The van der Waals surface area contributed by atoms with Crippen LogP contribution in [0.2, 0.25) is 0 Å². The summed E-state index contributed by atoms with van der Waals surface area (Å²) in [5.41, 5.74) is 2.10. The van der Waals surface area contributed by atoms with Crippen molar-refractivity contribution in [1.29, 1.82) is 0 Å². The van der Waals surface area contributed by atoms with Crippen LogP contribution in [0.5, 0.6) is 0 Å². The Kier molecular flexibility index (Phi) is 3.52. The van der Waals surface area contributed by atoms with Crippen molar-refractivity contribution >= 4 is 28.9 Å². The van der Waals surface area contributed by atoms with Gasteiger partial charge in [-0.25, -0.2) is 4.79 Å². The molecule has 3 rings (SSSR count). The lowest BCUT2D eigenvalue weighted by molar-refractivity contribution is 0.0699. The molecule has 0 aromatic heterocycles. The van der Waals surface area contributed by atoms with E-state index >= 15 is 0 Å². The summed E-state index contributed by atoms with van der Waals surface area (Å²) in [7, 11) is 0. The molecule has 0 heterocycles. The fraction of sp³-hybridized carbons (Fsp3) is 0. The Morgan fingerprint density at radius 1 is 0.810 bits per heavy atom. The van der Waals surface area contributed by atoms with Gasteiger partial charge in [0.05, 0.1) is 5.56 Å². The molecule has 0 aliphatic heterocycles. The Balaban J connectivity index is 2.12. The van der Waals surface area contributed by atoms with Crippen LogP contribution in [-0.2, 0) is 0 Å². The minimum atomic E-state index is -0.903. The Morgan fingerprint density at radius 3 is 2.29 bits per heavy atom. The molecule has 2 nitrogen and oxygen atoms in total. The Morgan fingerprint density at radius 2 is 1.52 bits per heavy atom. The van der Waals surface area contributed by atoms with Gasteiger partial charge in [-0.15, -0.1) is 0 Å². The van der Waals surface area contributed by atoms with Crippen LogP contribution in [0.25, 0.3) is 22.9 Å². The largest absolute Gasteiger partial charge is 0.478 e. The molecule has 3 aromatic rings. The van der Waals surface area contributed by atoms with Gasteiger partial charge >= 0.3 is 5.97 Å². The van der Waals surface area contributed by atoms with Gasteiger partial charge in [0.15, 0.2) is 0 Å². The van der Waals surface area contributed by atoms with Gasteiger partial charge in [-0.2, -0.15) is 0 Å². The fourth-order valence-corrected chi connectivity index (χ4v) is 2.42.